The van der Waals surface area contributed by atoms with Gasteiger partial charge in [0.2, 0.25) is 0 Å². The van der Waals surface area contributed by atoms with Crippen LogP contribution in [0.2, 0.25) is 5.02 Å². The predicted molar refractivity (Wildman–Crippen MR) is 139 cm³/mol. The van der Waals surface area contributed by atoms with Crippen LogP contribution in [0.5, 0.6) is 5.75 Å². The average Bonchev–Trinajstić information content (AvgIpc) is 3.29. The van der Waals surface area contributed by atoms with Gasteiger partial charge in [-0.2, -0.15) is 5.10 Å². The number of nitrogens with zero attached hydrogens (tertiary/aromatic N) is 1. The number of benzene rings is 3. The van der Waals surface area contributed by atoms with Gasteiger partial charge in [-0.15, -0.1) is 0 Å². The summed E-state index contributed by atoms with van der Waals surface area (Å²) in [5.41, 5.74) is 6.94. The number of hydrazone groups is 1. The Morgan fingerprint density at radius 3 is 2.54 bits per heavy atom. The molecule has 178 valence electrons. The Morgan fingerprint density at radius 1 is 1.06 bits per heavy atom. The number of nitrogens with one attached hydrogen (secondary N) is 3. The number of anilines is 1. The quantitative estimate of drug-likeness (QED) is 0.230. The van der Waals surface area contributed by atoms with E-state index >= 15 is 0 Å². The number of hydrogen-bond acceptors (Lipinski definition) is 4. The minimum atomic E-state index is -0.697. The van der Waals surface area contributed by atoms with Crippen molar-refractivity contribution in [2.75, 3.05) is 5.32 Å². The molecule has 0 aliphatic carbocycles. The van der Waals surface area contributed by atoms with E-state index in [9.17, 15) is 9.59 Å². The lowest BCUT2D eigenvalue weighted by Gasteiger charge is -2.16. The average molecular weight is 489 g/mol. The molecule has 4 aromatic rings. The van der Waals surface area contributed by atoms with Crippen LogP contribution in [0.25, 0.3) is 10.9 Å². The van der Waals surface area contributed by atoms with Crippen molar-refractivity contribution in [1.29, 1.82) is 0 Å². The molecular weight excluding hydrogens is 464 g/mol. The summed E-state index contributed by atoms with van der Waals surface area (Å²) in [6.45, 7) is 5.36. The molecule has 8 heteroatoms. The molecule has 0 saturated carbocycles. The first kappa shape index (κ1) is 24.0. The SMILES string of the molecule is CC(=NNC(=O)c1c[nH]c2ccccc12)c1ccc(NC(=O)C(C)Oc2ccc(Cl)cc2C)cc1. The van der Waals surface area contributed by atoms with Gasteiger partial charge in [-0.05, 0) is 68.3 Å². The van der Waals surface area contributed by atoms with E-state index in [1.165, 1.54) is 0 Å². The molecule has 0 spiro atoms. The number of aromatic nitrogens is 1. The zero-order chi connectivity index (χ0) is 24.9. The number of fused-ring (bicyclic) bond motifs is 1. The number of aromatic amines is 1. The van der Waals surface area contributed by atoms with Gasteiger partial charge in [-0.3, -0.25) is 9.59 Å². The van der Waals surface area contributed by atoms with Crippen LogP contribution in [0, 0.1) is 6.92 Å². The molecule has 0 radical (unpaired) electrons. The zero-order valence-corrected chi connectivity index (χ0v) is 20.3. The largest absolute Gasteiger partial charge is 0.481 e. The third-order valence-electron chi connectivity index (χ3n) is 5.54. The van der Waals surface area contributed by atoms with Crippen LogP contribution in [0.15, 0.2) is 78.0 Å². The summed E-state index contributed by atoms with van der Waals surface area (Å²) >= 11 is 5.97. The molecule has 1 atom stereocenters. The van der Waals surface area contributed by atoms with Crippen molar-refractivity contribution >= 4 is 45.7 Å². The first-order valence-electron chi connectivity index (χ1n) is 11.1. The molecule has 1 heterocycles. The van der Waals surface area contributed by atoms with E-state index in [4.69, 9.17) is 16.3 Å². The number of carbonyl (C=O) groups excluding carboxylic acids is 2. The molecule has 3 N–H and O–H groups in total. The second kappa shape index (κ2) is 10.4. The van der Waals surface area contributed by atoms with Crippen LogP contribution in [0.1, 0.15) is 35.3 Å². The summed E-state index contributed by atoms with van der Waals surface area (Å²) in [6, 6.07) is 20.0. The molecule has 0 aliphatic heterocycles. The Balaban J connectivity index is 1.35. The second-order valence-electron chi connectivity index (χ2n) is 8.12. The first-order valence-corrected chi connectivity index (χ1v) is 11.4. The third kappa shape index (κ3) is 5.70. The molecule has 0 aliphatic rings. The number of carbonyl (C=O) groups is 2. The van der Waals surface area contributed by atoms with Gasteiger partial charge in [0, 0.05) is 27.8 Å². The highest BCUT2D eigenvalue weighted by Gasteiger charge is 2.16. The maximum atomic E-state index is 12.6. The van der Waals surface area contributed by atoms with Crippen LogP contribution in [-0.4, -0.2) is 28.6 Å². The number of rotatable bonds is 7. The summed E-state index contributed by atoms with van der Waals surface area (Å²) in [4.78, 5) is 28.2. The summed E-state index contributed by atoms with van der Waals surface area (Å²) in [5.74, 6) is 0.0352. The van der Waals surface area contributed by atoms with Gasteiger partial charge in [0.25, 0.3) is 11.8 Å². The molecule has 4 rings (SSSR count). The second-order valence-corrected chi connectivity index (χ2v) is 8.56. The van der Waals surface area contributed by atoms with Gasteiger partial charge in [0.15, 0.2) is 6.10 Å². The molecule has 1 unspecified atom stereocenters. The Labute approximate surface area is 208 Å². The van der Waals surface area contributed by atoms with E-state index < -0.39 is 6.10 Å². The van der Waals surface area contributed by atoms with E-state index in [2.05, 4.69) is 20.8 Å². The van der Waals surface area contributed by atoms with Crippen molar-refractivity contribution in [2.45, 2.75) is 26.9 Å². The number of ether oxygens (including phenoxy) is 1. The summed E-state index contributed by atoms with van der Waals surface area (Å²) in [6.07, 6.45) is 0.971. The maximum absolute atomic E-state index is 12.6. The molecule has 0 fully saturated rings. The molecule has 35 heavy (non-hydrogen) atoms. The summed E-state index contributed by atoms with van der Waals surface area (Å²) < 4.78 is 5.78. The highest BCUT2D eigenvalue weighted by atomic mass is 35.5. The fourth-order valence-electron chi connectivity index (χ4n) is 3.55. The molecule has 2 amide bonds. The van der Waals surface area contributed by atoms with E-state index in [0.717, 1.165) is 22.0 Å². The van der Waals surface area contributed by atoms with Gasteiger partial charge in [-0.25, -0.2) is 5.43 Å². The van der Waals surface area contributed by atoms with Gasteiger partial charge >= 0.3 is 0 Å². The van der Waals surface area contributed by atoms with Crippen LogP contribution in [0.4, 0.5) is 5.69 Å². The summed E-state index contributed by atoms with van der Waals surface area (Å²) in [5, 5.41) is 8.52. The number of amides is 2. The van der Waals surface area contributed by atoms with Crippen molar-refractivity contribution in [3.8, 4) is 5.75 Å². The van der Waals surface area contributed by atoms with Crippen molar-refractivity contribution in [3.63, 3.8) is 0 Å². The fourth-order valence-corrected chi connectivity index (χ4v) is 3.77. The van der Waals surface area contributed by atoms with Crippen LogP contribution >= 0.6 is 11.6 Å². The van der Waals surface area contributed by atoms with E-state index in [1.807, 2.05) is 43.3 Å². The number of hydrogen-bond donors (Lipinski definition) is 3. The lowest BCUT2D eigenvalue weighted by Crippen LogP contribution is -2.30. The monoisotopic (exact) mass is 488 g/mol. The molecule has 0 saturated heterocycles. The van der Waals surface area contributed by atoms with E-state index in [-0.39, 0.29) is 11.8 Å². The normalized spacial score (nSPS) is 12.3. The first-order chi connectivity index (χ1) is 16.8. The highest BCUT2D eigenvalue weighted by Crippen LogP contribution is 2.23. The van der Waals surface area contributed by atoms with Crippen molar-refractivity contribution in [2.24, 2.45) is 5.10 Å². The van der Waals surface area contributed by atoms with Gasteiger partial charge < -0.3 is 15.0 Å². The topological polar surface area (TPSA) is 95.6 Å². The Hall–Kier alpha value is -4.10. The van der Waals surface area contributed by atoms with Crippen LogP contribution < -0.4 is 15.5 Å². The Kier molecular flexibility index (Phi) is 7.17. The molecule has 7 nitrogen and oxygen atoms in total. The van der Waals surface area contributed by atoms with Gasteiger partial charge in [0.05, 0.1) is 11.3 Å². The Bertz CT molecular complexity index is 1410. The van der Waals surface area contributed by atoms with Crippen LogP contribution in [0.3, 0.4) is 0 Å². The maximum Gasteiger partial charge on any atom is 0.273 e. The minimum absolute atomic E-state index is 0.275. The van der Waals surface area contributed by atoms with E-state index in [1.54, 1.807) is 50.4 Å². The molecule has 3 aromatic carbocycles. The lowest BCUT2D eigenvalue weighted by atomic mass is 10.1. The number of aryl methyl sites for hydroxylation is 1. The molecular formula is C27H25ClN4O3. The third-order valence-corrected chi connectivity index (χ3v) is 5.77. The predicted octanol–water partition coefficient (Wildman–Crippen LogP) is 5.69. The molecule has 1 aromatic heterocycles. The Morgan fingerprint density at radius 2 is 1.80 bits per heavy atom. The number of halogens is 1. The zero-order valence-electron chi connectivity index (χ0n) is 19.6. The smallest absolute Gasteiger partial charge is 0.273 e. The minimum Gasteiger partial charge on any atom is -0.481 e. The van der Waals surface area contributed by atoms with Gasteiger partial charge in [0.1, 0.15) is 5.75 Å². The standard InChI is InChI=1S/C27H25ClN4O3/c1-16-14-20(28)10-13-25(16)35-18(3)26(33)30-21-11-8-19(9-12-21)17(2)31-32-27(34)23-15-29-24-7-5-4-6-22(23)24/h4-15,18,29H,1-3H3,(H,30,33)(H,32,34). The lowest BCUT2D eigenvalue weighted by molar-refractivity contribution is -0.122. The van der Waals surface area contributed by atoms with Crippen LogP contribution in [-0.2, 0) is 4.79 Å². The van der Waals surface area contributed by atoms with Crippen molar-refractivity contribution in [3.05, 3.63) is 94.6 Å². The van der Waals surface area contributed by atoms with Crippen molar-refractivity contribution < 1.29 is 14.3 Å². The number of H-pyrrole nitrogens is 1. The fraction of sp³-hybridized carbons (Fsp3) is 0.148. The highest BCUT2D eigenvalue weighted by molar-refractivity contribution is 6.30. The van der Waals surface area contributed by atoms with E-state index in [0.29, 0.717) is 27.7 Å². The molecule has 0 bridgehead atoms. The summed E-state index contributed by atoms with van der Waals surface area (Å²) in [7, 11) is 0. The number of para-hydroxylation sites is 1. The van der Waals surface area contributed by atoms with Crippen molar-refractivity contribution in [1.82, 2.24) is 10.4 Å². The van der Waals surface area contributed by atoms with Gasteiger partial charge in [-0.1, -0.05) is 41.9 Å².